The highest BCUT2D eigenvalue weighted by atomic mass is 16.4. The lowest BCUT2D eigenvalue weighted by Crippen LogP contribution is -2.05. The third-order valence-electron chi connectivity index (χ3n) is 1.12. The third kappa shape index (κ3) is 6.80. The van der Waals surface area contributed by atoms with Crippen LogP contribution in [0.2, 0.25) is 0 Å². The molecule has 0 aliphatic heterocycles. The van der Waals surface area contributed by atoms with Crippen LogP contribution in [0.5, 0.6) is 0 Å². The number of aliphatic carboxylic acids is 1. The Morgan fingerprint density at radius 2 is 2.27 bits per heavy atom. The van der Waals surface area contributed by atoms with Crippen molar-refractivity contribution in [1.82, 2.24) is 0 Å². The van der Waals surface area contributed by atoms with Crippen molar-refractivity contribution in [2.75, 3.05) is 0 Å². The lowest BCUT2D eigenvalue weighted by molar-refractivity contribution is -0.137. The van der Waals surface area contributed by atoms with Crippen LogP contribution in [0.1, 0.15) is 12.8 Å². The average molecular weight is 156 g/mol. The smallest absolute Gasteiger partial charge is 0.303 e. The molecule has 1 atom stereocenters. The van der Waals surface area contributed by atoms with Gasteiger partial charge in [-0.2, -0.15) is 0 Å². The number of rotatable bonds is 5. The molecule has 0 bridgehead atoms. The van der Waals surface area contributed by atoms with Crippen LogP contribution in [-0.4, -0.2) is 22.3 Å². The van der Waals surface area contributed by atoms with Crippen LogP contribution in [-0.2, 0) is 4.79 Å². The van der Waals surface area contributed by atoms with E-state index >= 15 is 0 Å². The topological polar surface area (TPSA) is 57.5 Å². The molecule has 0 radical (unpaired) electrons. The van der Waals surface area contributed by atoms with Gasteiger partial charge in [0.2, 0.25) is 0 Å². The van der Waals surface area contributed by atoms with E-state index in [1.807, 2.05) is 0 Å². The average Bonchev–Trinajstić information content (AvgIpc) is 1.97. The summed E-state index contributed by atoms with van der Waals surface area (Å²) in [6.45, 7) is 3.41. The van der Waals surface area contributed by atoms with Crippen LogP contribution in [0.3, 0.4) is 0 Å². The van der Waals surface area contributed by atoms with E-state index in [-0.39, 0.29) is 12.8 Å². The fourth-order valence-corrected chi connectivity index (χ4v) is 0.574. The molecular weight excluding hydrogens is 144 g/mol. The fourth-order valence-electron chi connectivity index (χ4n) is 0.574. The fraction of sp³-hybridized carbons (Fsp3) is 0.375. The number of carboxylic acids is 1. The molecule has 11 heavy (non-hydrogen) atoms. The molecule has 0 aliphatic carbocycles. The van der Waals surface area contributed by atoms with Gasteiger partial charge in [-0.05, 0) is 6.42 Å². The summed E-state index contributed by atoms with van der Waals surface area (Å²) in [6, 6.07) is 0. The maximum absolute atomic E-state index is 10.0. The van der Waals surface area contributed by atoms with E-state index in [2.05, 4.69) is 6.58 Å². The molecule has 3 heteroatoms. The summed E-state index contributed by atoms with van der Waals surface area (Å²) in [6.07, 6.45) is 4.19. The van der Waals surface area contributed by atoms with Gasteiger partial charge in [-0.1, -0.05) is 24.8 Å². The molecule has 0 saturated carbocycles. The highest BCUT2D eigenvalue weighted by molar-refractivity contribution is 5.66. The molecule has 0 aromatic carbocycles. The van der Waals surface area contributed by atoms with Crippen LogP contribution in [0.15, 0.2) is 24.8 Å². The Kier molecular flexibility index (Phi) is 5.11. The third-order valence-corrected chi connectivity index (χ3v) is 1.12. The largest absolute Gasteiger partial charge is 0.481 e. The molecule has 0 fully saturated rings. The lowest BCUT2D eigenvalue weighted by atomic mass is 10.2. The van der Waals surface area contributed by atoms with E-state index in [1.165, 1.54) is 12.2 Å². The van der Waals surface area contributed by atoms with Gasteiger partial charge in [0, 0.05) is 6.42 Å². The van der Waals surface area contributed by atoms with Gasteiger partial charge in [0.1, 0.15) is 0 Å². The van der Waals surface area contributed by atoms with Gasteiger partial charge in [0.25, 0.3) is 0 Å². The van der Waals surface area contributed by atoms with Crippen LogP contribution < -0.4 is 0 Å². The molecule has 0 saturated heterocycles. The predicted octanol–water partition coefficient (Wildman–Crippen LogP) is 0.954. The highest BCUT2D eigenvalue weighted by Crippen LogP contribution is 1.98. The van der Waals surface area contributed by atoms with Gasteiger partial charge in [-0.25, -0.2) is 0 Å². The minimum atomic E-state index is -0.893. The Morgan fingerprint density at radius 1 is 1.64 bits per heavy atom. The number of hydrogen-bond donors (Lipinski definition) is 2. The van der Waals surface area contributed by atoms with Crippen molar-refractivity contribution >= 4 is 5.97 Å². The normalized spacial score (nSPS) is 13.2. The number of carbonyl (C=O) groups is 1. The summed E-state index contributed by atoms with van der Waals surface area (Å²) in [7, 11) is 0. The molecule has 3 nitrogen and oxygen atoms in total. The molecule has 0 aromatic heterocycles. The van der Waals surface area contributed by atoms with E-state index in [4.69, 9.17) is 10.2 Å². The number of hydrogen-bond acceptors (Lipinski definition) is 2. The Morgan fingerprint density at radius 3 is 2.73 bits per heavy atom. The van der Waals surface area contributed by atoms with E-state index < -0.39 is 12.1 Å². The van der Waals surface area contributed by atoms with E-state index in [0.717, 1.165) is 0 Å². The van der Waals surface area contributed by atoms with Gasteiger partial charge < -0.3 is 10.2 Å². The maximum atomic E-state index is 10.0. The minimum Gasteiger partial charge on any atom is -0.481 e. The number of carboxylic acid groups (broad SMARTS) is 1. The van der Waals surface area contributed by atoms with Crippen LogP contribution in [0.4, 0.5) is 0 Å². The summed E-state index contributed by atoms with van der Waals surface area (Å²) >= 11 is 0. The monoisotopic (exact) mass is 156 g/mol. The Labute approximate surface area is 65.7 Å². The molecule has 2 N–H and O–H groups in total. The minimum absolute atomic E-state index is 0.0113. The van der Waals surface area contributed by atoms with Crippen molar-refractivity contribution in [3.8, 4) is 0 Å². The first-order chi connectivity index (χ1) is 5.16. The summed E-state index contributed by atoms with van der Waals surface area (Å²) < 4.78 is 0. The highest BCUT2D eigenvalue weighted by Gasteiger charge is 2.01. The lowest BCUT2D eigenvalue weighted by Gasteiger charge is -2.00. The van der Waals surface area contributed by atoms with Gasteiger partial charge in [0.05, 0.1) is 6.10 Å². The number of allylic oxidation sites excluding steroid dienone is 2. The van der Waals surface area contributed by atoms with E-state index in [0.29, 0.717) is 0 Å². The zero-order valence-electron chi connectivity index (χ0n) is 6.23. The zero-order valence-corrected chi connectivity index (χ0v) is 6.23. The van der Waals surface area contributed by atoms with Crippen molar-refractivity contribution < 1.29 is 15.0 Å². The Hall–Kier alpha value is -1.09. The van der Waals surface area contributed by atoms with Crippen molar-refractivity contribution in [3.05, 3.63) is 24.8 Å². The summed E-state index contributed by atoms with van der Waals surface area (Å²) in [5.41, 5.74) is 0. The first-order valence-corrected chi connectivity index (χ1v) is 3.36. The van der Waals surface area contributed by atoms with Gasteiger partial charge in [-0.3, -0.25) is 4.79 Å². The van der Waals surface area contributed by atoms with Crippen molar-refractivity contribution in [2.24, 2.45) is 0 Å². The molecule has 0 spiro atoms. The molecule has 0 rings (SSSR count). The first-order valence-electron chi connectivity index (χ1n) is 3.36. The molecule has 0 aromatic rings. The molecule has 62 valence electrons. The Balaban J connectivity index is 3.51. The van der Waals surface area contributed by atoms with Crippen LogP contribution >= 0.6 is 0 Å². The van der Waals surface area contributed by atoms with Crippen LogP contribution in [0.25, 0.3) is 0 Å². The zero-order chi connectivity index (χ0) is 8.69. The van der Waals surface area contributed by atoms with Gasteiger partial charge in [0.15, 0.2) is 0 Å². The second-order valence-electron chi connectivity index (χ2n) is 2.12. The summed E-state index contributed by atoms with van der Waals surface area (Å²) in [4.78, 5) is 10.0. The summed E-state index contributed by atoms with van der Waals surface area (Å²) in [5, 5.41) is 17.3. The quantitative estimate of drug-likeness (QED) is 0.583. The van der Waals surface area contributed by atoms with E-state index in [9.17, 15) is 4.79 Å². The van der Waals surface area contributed by atoms with Crippen molar-refractivity contribution in [1.29, 1.82) is 0 Å². The van der Waals surface area contributed by atoms with Gasteiger partial charge >= 0.3 is 5.97 Å². The predicted molar refractivity (Wildman–Crippen MR) is 42.2 cm³/mol. The summed E-state index contributed by atoms with van der Waals surface area (Å²) in [5.74, 6) is -0.893. The van der Waals surface area contributed by atoms with E-state index in [1.54, 1.807) is 6.08 Å². The van der Waals surface area contributed by atoms with Crippen molar-refractivity contribution in [2.45, 2.75) is 18.9 Å². The van der Waals surface area contributed by atoms with Crippen LogP contribution in [0, 0.1) is 0 Å². The second kappa shape index (κ2) is 5.68. The van der Waals surface area contributed by atoms with Gasteiger partial charge in [-0.15, -0.1) is 0 Å². The SMILES string of the molecule is C=C/C=C/[C@H](O)CCC(=O)O. The maximum Gasteiger partial charge on any atom is 0.303 e. The standard InChI is InChI=1S/C8H12O3/c1-2-3-4-7(9)5-6-8(10)11/h2-4,7,9H,1,5-6H2,(H,10,11)/b4-3+/t7-/m0/s1. The molecular formula is C8H12O3. The first kappa shape index (κ1) is 9.91. The number of aliphatic hydroxyl groups excluding tert-OH is 1. The molecule has 0 heterocycles. The molecule has 0 aliphatic rings. The molecule has 0 amide bonds. The molecule has 0 unspecified atom stereocenters. The Bertz CT molecular complexity index is 161. The number of aliphatic hydroxyl groups is 1. The second-order valence-corrected chi connectivity index (χ2v) is 2.12. The van der Waals surface area contributed by atoms with Crippen molar-refractivity contribution in [3.63, 3.8) is 0 Å².